The van der Waals surface area contributed by atoms with Gasteiger partial charge >= 0.3 is 0 Å². The standard InChI is InChI=1S/C20H22ClN3O6S/c21-16-6-5-13(31(28,29)23-7-9-30-10-8-23)11-17(16)22-18(25)12-24-19(26)14-3-1-2-4-15(14)20(24)27/h1-2,5-6,11,14-15H,3-4,7-10,12H2,(H,22,25)/t14-,15-/m1/s1. The minimum absolute atomic E-state index is 0.0143. The van der Waals surface area contributed by atoms with Crippen molar-refractivity contribution in [3.63, 3.8) is 0 Å². The minimum atomic E-state index is -3.77. The number of benzene rings is 1. The molecule has 1 aromatic carbocycles. The molecule has 2 atom stereocenters. The second-order valence-electron chi connectivity index (χ2n) is 7.62. The number of hydrogen-bond donors (Lipinski definition) is 1. The highest BCUT2D eigenvalue weighted by molar-refractivity contribution is 7.89. The van der Waals surface area contributed by atoms with E-state index in [0.29, 0.717) is 26.1 Å². The van der Waals surface area contributed by atoms with Gasteiger partial charge in [0.1, 0.15) is 6.54 Å². The van der Waals surface area contributed by atoms with E-state index >= 15 is 0 Å². The lowest BCUT2D eigenvalue weighted by Crippen LogP contribution is -2.40. The number of nitrogens with one attached hydrogen (secondary N) is 1. The van der Waals surface area contributed by atoms with Gasteiger partial charge in [0.2, 0.25) is 27.7 Å². The molecule has 1 aromatic rings. The number of amides is 3. The van der Waals surface area contributed by atoms with Gasteiger partial charge in [-0.25, -0.2) is 8.42 Å². The van der Waals surface area contributed by atoms with Crippen molar-refractivity contribution >= 4 is 45.0 Å². The Labute approximate surface area is 185 Å². The fourth-order valence-electron chi connectivity index (χ4n) is 4.05. The Morgan fingerprint density at radius 1 is 1.10 bits per heavy atom. The van der Waals surface area contributed by atoms with E-state index in [4.69, 9.17) is 16.3 Å². The van der Waals surface area contributed by atoms with Crippen LogP contribution in [0.25, 0.3) is 0 Å². The maximum atomic E-state index is 12.9. The molecule has 1 aliphatic carbocycles. The van der Waals surface area contributed by atoms with Gasteiger partial charge in [-0.1, -0.05) is 23.8 Å². The van der Waals surface area contributed by atoms with E-state index in [0.717, 1.165) is 4.90 Å². The molecule has 1 N–H and O–H groups in total. The molecule has 0 spiro atoms. The van der Waals surface area contributed by atoms with E-state index in [1.165, 1.54) is 22.5 Å². The van der Waals surface area contributed by atoms with Gasteiger partial charge in [-0.3, -0.25) is 19.3 Å². The minimum Gasteiger partial charge on any atom is -0.379 e. The second-order valence-corrected chi connectivity index (χ2v) is 9.97. The quantitative estimate of drug-likeness (QED) is 0.515. The molecule has 2 aliphatic heterocycles. The molecule has 0 aromatic heterocycles. The van der Waals surface area contributed by atoms with Crippen molar-refractivity contribution in [3.8, 4) is 0 Å². The van der Waals surface area contributed by atoms with Gasteiger partial charge in [0.25, 0.3) is 0 Å². The van der Waals surface area contributed by atoms with Gasteiger partial charge < -0.3 is 10.1 Å². The number of morpholine rings is 1. The number of sulfonamides is 1. The van der Waals surface area contributed by atoms with Gasteiger partial charge in [0.05, 0.1) is 40.7 Å². The summed E-state index contributed by atoms with van der Waals surface area (Å²) < 4.78 is 32.2. The van der Waals surface area contributed by atoms with E-state index in [9.17, 15) is 22.8 Å². The molecule has 4 rings (SSSR count). The van der Waals surface area contributed by atoms with E-state index < -0.39 is 34.3 Å². The topological polar surface area (TPSA) is 113 Å². The third-order valence-corrected chi connectivity index (χ3v) is 7.94. The fraction of sp³-hybridized carbons (Fsp3) is 0.450. The predicted octanol–water partition coefficient (Wildman–Crippen LogP) is 1.25. The first-order chi connectivity index (χ1) is 14.8. The molecule has 166 valence electrons. The van der Waals surface area contributed by atoms with Gasteiger partial charge in [0.15, 0.2) is 0 Å². The van der Waals surface area contributed by atoms with Gasteiger partial charge in [0, 0.05) is 13.1 Å². The lowest BCUT2D eigenvalue weighted by Gasteiger charge is -2.26. The maximum absolute atomic E-state index is 12.9. The van der Waals surface area contributed by atoms with Crippen molar-refractivity contribution in [2.24, 2.45) is 11.8 Å². The van der Waals surface area contributed by atoms with Crippen LogP contribution in [0, 0.1) is 11.8 Å². The fourth-order valence-corrected chi connectivity index (χ4v) is 5.65. The van der Waals surface area contributed by atoms with Crippen LogP contribution in [-0.2, 0) is 29.1 Å². The zero-order valence-corrected chi connectivity index (χ0v) is 18.2. The summed E-state index contributed by atoms with van der Waals surface area (Å²) in [5.74, 6) is -2.18. The first kappa shape index (κ1) is 21.9. The number of carbonyl (C=O) groups excluding carboxylic acids is 3. The third kappa shape index (κ3) is 4.25. The summed E-state index contributed by atoms with van der Waals surface area (Å²) in [5, 5.41) is 2.68. The molecule has 3 aliphatic rings. The van der Waals surface area contributed by atoms with Crippen LogP contribution in [-0.4, -0.2) is 68.2 Å². The smallest absolute Gasteiger partial charge is 0.244 e. The Hall–Kier alpha value is -2.27. The molecule has 0 saturated carbocycles. The normalized spacial score (nSPS) is 24.4. The Kier molecular flexibility index (Phi) is 6.16. The SMILES string of the molecule is O=C(CN1C(=O)[C@@H]2CC=CC[C@H]2C1=O)Nc1cc(S(=O)(=O)N2CCOCC2)ccc1Cl. The van der Waals surface area contributed by atoms with Crippen LogP contribution in [0.15, 0.2) is 35.2 Å². The van der Waals surface area contributed by atoms with Crippen molar-refractivity contribution in [2.45, 2.75) is 17.7 Å². The molecule has 3 amide bonds. The number of likely N-dealkylation sites (tertiary alicyclic amines) is 1. The predicted molar refractivity (Wildman–Crippen MR) is 112 cm³/mol. The summed E-state index contributed by atoms with van der Waals surface area (Å²) in [6, 6.07) is 4.03. The lowest BCUT2D eigenvalue weighted by atomic mass is 9.85. The van der Waals surface area contributed by atoms with Crippen LogP contribution >= 0.6 is 11.6 Å². The Balaban J connectivity index is 1.48. The van der Waals surface area contributed by atoms with Gasteiger partial charge in [-0.05, 0) is 31.0 Å². The average molecular weight is 468 g/mol. The number of halogens is 1. The van der Waals surface area contributed by atoms with Crippen molar-refractivity contribution in [1.82, 2.24) is 9.21 Å². The van der Waals surface area contributed by atoms with E-state index in [-0.39, 0.29) is 40.5 Å². The number of nitrogens with zero attached hydrogens (tertiary/aromatic N) is 2. The van der Waals surface area contributed by atoms with E-state index in [1.54, 1.807) is 0 Å². The molecule has 0 radical (unpaired) electrons. The number of rotatable bonds is 5. The lowest BCUT2D eigenvalue weighted by molar-refractivity contribution is -0.142. The number of fused-ring (bicyclic) bond motifs is 1. The molecule has 0 bridgehead atoms. The highest BCUT2D eigenvalue weighted by Crippen LogP contribution is 2.35. The average Bonchev–Trinajstić information content (AvgIpc) is 3.01. The molecule has 31 heavy (non-hydrogen) atoms. The summed E-state index contributed by atoms with van der Waals surface area (Å²) >= 11 is 6.15. The van der Waals surface area contributed by atoms with Crippen LogP contribution in [0.5, 0.6) is 0 Å². The molecule has 2 saturated heterocycles. The summed E-state index contributed by atoms with van der Waals surface area (Å²) in [5.41, 5.74) is 0.0965. The molecule has 11 heteroatoms. The molecule has 0 unspecified atom stereocenters. The van der Waals surface area contributed by atoms with Crippen molar-refractivity contribution < 1.29 is 27.5 Å². The van der Waals surface area contributed by atoms with Crippen molar-refractivity contribution in [3.05, 3.63) is 35.4 Å². The van der Waals surface area contributed by atoms with Crippen LogP contribution in [0.1, 0.15) is 12.8 Å². The van der Waals surface area contributed by atoms with Crippen LogP contribution in [0.3, 0.4) is 0 Å². The van der Waals surface area contributed by atoms with Crippen molar-refractivity contribution in [2.75, 3.05) is 38.2 Å². The second kappa shape index (κ2) is 8.70. The number of allylic oxidation sites excluding steroid dienone is 2. The Morgan fingerprint density at radius 3 is 2.32 bits per heavy atom. The van der Waals surface area contributed by atoms with E-state index in [2.05, 4.69) is 5.32 Å². The first-order valence-corrected chi connectivity index (χ1v) is 11.8. The van der Waals surface area contributed by atoms with Crippen molar-refractivity contribution in [1.29, 1.82) is 0 Å². The first-order valence-electron chi connectivity index (χ1n) is 9.96. The zero-order valence-electron chi connectivity index (χ0n) is 16.6. The third-order valence-electron chi connectivity index (χ3n) is 5.72. The number of carbonyl (C=O) groups is 3. The van der Waals surface area contributed by atoms with Crippen LogP contribution < -0.4 is 5.32 Å². The van der Waals surface area contributed by atoms with Crippen LogP contribution in [0.4, 0.5) is 5.69 Å². The molecular formula is C20H22ClN3O6S. The number of ether oxygens (including phenoxy) is 1. The molecular weight excluding hydrogens is 446 g/mol. The maximum Gasteiger partial charge on any atom is 0.244 e. The summed E-state index contributed by atoms with van der Waals surface area (Å²) in [6.07, 6.45) is 4.72. The molecule has 2 fully saturated rings. The number of hydrogen-bond acceptors (Lipinski definition) is 6. The van der Waals surface area contributed by atoms with E-state index in [1.807, 2.05) is 12.2 Å². The highest BCUT2D eigenvalue weighted by Gasteiger charge is 2.47. The zero-order chi connectivity index (χ0) is 22.2. The van der Waals surface area contributed by atoms with Gasteiger partial charge in [-0.15, -0.1) is 0 Å². The highest BCUT2D eigenvalue weighted by atomic mass is 35.5. The molecule has 2 heterocycles. The summed E-state index contributed by atoms with van der Waals surface area (Å²) in [7, 11) is -3.77. The van der Waals surface area contributed by atoms with Gasteiger partial charge in [-0.2, -0.15) is 4.31 Å². The summed E-state index contributed by atoms with van der Waals surface area (Å²) in [6.45, 7) is 0.658. The largest absolute Gasteiger partial charge is 0.379 e. The van der Waals surface area contributed by atoms with Crippen LogP contribution in [0.2, 0.25) is 5.02 Å². The summed E-state index contributed by atoms with van der Waals surface area (Å²) in [4.78, 5) is 38.6. The number of anilines is 1. The Morgan fingerprint density at radius 2 is 1.71 bits per heavy atom. The number of imide groups is 1. The monoisotopic (exact) mass is 467 g/mol. The Bertz CT molecular complexity index is 1020. The molecule has 9 nitrogen and oxygen atoms in total.